The zero-order valence-electron chi connectivity index (χ0n) is 6.86. The topological polar surface area (TPSA) is 26.3 Å². The lowest BCUT2D eigenvalue weighted by molar-refractivity contribution is -0.142. The summed E-state index contributed by atoms with van der Waals surface area (Å²) >= 11 is 6.61. The third kappa shape index (κ3) is 4.11. The summed E-state index contributed by atoms with van der Waals surface area (Å²) in [5.41, 5.74) is 0. The van der Waals surface area contributed by atoms with Gasteiger partial charge in [0.1, 0.15) is 4.83 Å². The van der Waals surface area contributed by atoms with E-state index in [1.54, 1.807) is 6.92 Å². The number of hydrogen-bond donors (Lipinski definition) is 0. The van der Waals surface area contributed by atoms with Crippen LogP contribution in [0.1, 0.15) is 20.8 Å². The molecule has 0 bridgehead atoms. The molecule has 0 fully saturated rings. The molecule has 0 saturated carbocycles. The van der Waals surface area contributed by atoms with E-state index in [0.29, 0.717) is 6.61 Å². The summed E-state index contributed by atoms with van der Waals surface area (Å²) in [6.45, 7) is 6.02. The molecule has 0 N–H and O–H groups in total. The molecule has 0 aromatic rings. The first-order valence-corrected chi connectivity index (χ1v) is 5.10. The Balaban J connectivity index is 4.03. The highest BCUT2D eigenvalue weighted by atomic mass is 79.9. The van der Waals surface area contributed by atoms with Gasteiger partial charge in [0, 0.05) is 4.32 Å². The monoisotopic (exact) mass is 286 g/mol. The number of ether oxygens (including phenoxy) is 1. The van der Waals surface area contributed by atoms with Crippen molar-refractivity contribution in [1.29, 1.82) is 0 Å². The lowest BCUT2D eigenvalue weighted by Gasteiger charge is -2.21. The van der Waals surface area contributed by atoms with Crippen LogP contribution in [0.25, 0.3) is 0 Å². The van der Waals surface area contributed by atoms with Gasteiger partial charge in [-0.2, -0.15) is 0 Å². The Morgan fingerprint density at radius 1 is 1.64 bits per heavy atom. The van der Waals surface area contributed by atoms with Crippen LogP contribution in [0.4, 0.5) is 0 Å². The van der Waals surface area contributed by atoms with Gasteiger partial charge in [-0.3, -0.25) is 4.79 Å². The van der Waals surface area contributed by atoms with Gasteiger partial charge in [0.05, 0.1) is 6.61 Å². The van der Waals surface area contributed by atoms with Crippen molar-refractivity contribution in [1.82, 2.24) is 0 Å². The summed E-state index contributed by atoms with van der Waals surface area (Å²) < 4.78 is 4.55. The number of halogens is 2. The average Bonchev–Trinajstić information content (AvgIpc) is 1.85. The molecule has 0 aliphatic carbocycles. The van der Waals surface area contributed by atoms with Gasteiger partial charge < -0.3 is 4.74 Å². The summed E-state index contributed by atoms with van der Waals surface area (Å²) in [7, 11) is 0. The van der Waals surface area contributed by atoms with Crippen molar-refractivity contribution in [2.75, 3.05) is 6.61 Å². The summed E-state index contributed by atoms with van der Waals surface area (Å²) in [4.78, 5) is 10.8. The number of esters is 1. The zero-order chi connectivity index (χ0) is 9.07. The summed E-state index contributed by atoms with van der Waals surface area (Å²) in [6.07, 6.45) is 0. The number of alkyl halides is 2. The van der Waals surface area contributed by atoms with E-state index in [9.17, 15) is 4.79 Å². The van der Waals surface area contributed by atoms with E-state index < -0.39 is 0 Å². The van der Waals surface area contributed by atoms with Crippen molar-refractivity contribution >= 4 is 37.8 Å². The van der Waals surface area contributed by atoms with Gasteiger partial charge in [-0.15, -0.1) is 0 Å². The molecule has 0 aromatic carbocycles. The average molecular weight is 288 g/mol. The van der Waals surface area contributed by atoms with E-state index in [0.717, 1.165) is 0 Å². The Morgan fingerprint density at radius 2 is 2.09 bits per heavy atom. The molecule has 0 amide bonds. The van der Waals surface area contributed by atoms with Gasteiger partial charge in [0.15, 0.2) is 0 Å². The molecule has 66 valence electrons. The van der Waals surface area contributed by atoms with Crippen LogP contribution in [0, 0.1) is 0 Å². The number of carbonyl (C=O) groups is 1. The van der Waals surface area contributed by atoms with Gasteiger partial charge >= 0.3 is 5.97 Å². The maximum atomic E-state index is 11.1. The lowest BCUT2D eigenvalue weighted by Crippen LogP contribution is -2.33. The maximum Gasteiger partial charge on any atom is 0.321 e. The molecule has 0 radical (unpaired) electrons. The Hall–Kier alpha value is 0.430. The molecule has 2 nitrogen and oxygen atoms in total. The molecule has 4 heteroatoms. The fourth-order valence-electron chi connectivity index (χ4n) is 0.496. The smallest absolute Gasteiger partial charge is 0.321 e. The van der Waals surface area contributed by atoms with E-state index in [2.05, 4.69) is 31.9 Å². The van der Waals surface area contributed by atoms with Gasteiger partial charge in [0.2, 0.25) is 0 Å². The lowest BCUT2D eigenvalue weighted by atomic mass is 10.1. The molecule has 1 atom stereocenters. The van der Waals surface area contributed by atoms with Crippen molar-refractivity contribution in [3.05, 3.63) is 0 Å². The minimum absolute atomic E-state index is 0.227. The normalized spacial score (nSPS) is 14.3. The predicted octanol–water partition coefficient (Wildman–Crippen LogP) is 2.49. The van der Waals surface area contributed by atoms with E-state index in [1.807, 2.05) is 13.8 Å². The first-order chi connectivity index (χ1) is 4.89. The number of hydrogen-bond acceptors (Lipinski definition) is 2. The van der Waals surface area contributed by atoms with E-state index in [4.69, 9.17) is 4.74 Å². The highest BCUT2D eigenvalue weighted by Crippen LogP contribution is 2.27. The molecule has 11 heavy (non-hydrogen) atoms. The van der Waals surface area contributed by atoms with Crippen LogP contribution in [0.5, 0.6) is 0 Å². The van der Waals surface area contributed by atoms with Crippen LogP contribution in [-0.4, -0.2) is 21.7 Å². The Labute approximate surface area is 83.9 Å². The Kier molecular flexibility index (Phi) is 4.63. The van der Waals surface area contributed by atoms with Crippen molar-refractivity contribution < 1.29 is 9.53 Å². The standard InChI is InChI=1S/C7H12Br2O2/c1-4-11-6(10)5(8)7(2,3)9/h5H,4H2,1-3H3. The molecule has 0 aliphatic heterocycles. The first kappa shape index (κ1) is 11.4. The third-order valence-corrected chi connectivity index (χ3v) is 3.69. The summed E-state index contributed by atoms with van der Waals surface area (Å²) in [5, 5.41) is 0. The Morgan fingerprint density at radius 3 is 2.36 bits per heavy atom. The van der Waals surface area contributed by atoms with Gasteiger partial charge in [-0.25, -0.2) is 0 Å². The molecular weight excluding hydrogens is 276 g/mol. The molecule has 0 heterocycles. The van der Waals surface area contributed by atoms with Crippen molar-refractivity contribution in [2.45, 2.75) is 29.9 Å². The number of carbonyl (C=O) groups excluding carboxylic acids is 1. The van der Waals surface area contributed by atoms with Gasteiger partial charge in [-0.1, -0.05) is 31.9 Å². The molecule has 1 unspecified atom stereocenters. The third-order valence-electron chi connectivity index (χ3n) is 1.10. The molecule has 0 rings (SSSR count). The molecule has 0 aromatic heterocycles. The second-order valence-corrected chi connectivity index (χ2v) is 5.64. The fourth-order valence-corrected chi connectivity index (χ4v) is 0.815. The zero-order valence-corrected chi connectivity index (χ0v) is 10.0. The van der Waals surface area contributed by atoms with Crippen LogP contribution in [0.2, 0.25) is 0 Å². The molecule has 0 spiro atoms. The second-order valence-electron chi connectivity index (χ2n) is 2.68. The molecule has 0 saturated heterocycles. The Bertz CT molecular complexity index is 140. The minimum Gasteiger partial charge on any atom is -0.465 e. The van der Waals surface area contributed by atoms with Crippen LogP contribution in [0.3, 0.4) is 0 Å². The molecular formula is C7H12Br2O2. The van der Waals surface area contributed by atoms with Crippen molar-refractivity contribution in [2.24, 2.45) is 0 Å². The highest BCUT2D eigenvalue weighted by Gasteiger charge is 2.31. The van der Waals surface area contributed by atoms with E-state index in [1.165, 1.54) is 0 Å². The van der Waals surface area contributed by atoms with Crippen LogP contribution >= 0.6 is 31.9 Å². The second kappa shape index (κ2) is 4.45. The van der Waals surface area contributed by atoms with Crippen LogP contribution < -0.4 is 0 Å². The van der Waals surface area contributed by atoms with Gasteiger partial charge in [0.25, 0.3) is 0 Å². The minimum atomic E-state index is -0.296. The summed E-state index contributed by atoms with van der Waals surface area (Å²) in [6, 6.07) is 0. The van der Waals surface area contributed by atoms with E-state index in [-0.39, 0.29) is 15.1 Å². The first-order valence-electron chi connectivity index (χ1n) is 3.39. The van der Waals surface area contributed by atoms with Crippen molar-refractivity contribution in [3.8, 4) is 0 Å². The highest BCUT2D eigenvalue weighted by molar-refractivity contribution is 9.12. The predicted molar refractivity (Wildman–Crippen MR) is 52.4 cm³/mol. The summed E-state index contributed by atoms with van der Waals surface area (Å²) in [5.74, 6) is -0.227. The SMILES string of the molecule is CCOC(=O)C(Br)C(C)(C)Br. The van der Waals surface area contributed by atoms with Gasteiger partial charge in [-0.05, 0) is 20.8 Å². The van der Waals surface area contributed by atoms with Crippen LogP contribution in [-0.2, 0) is 9.53 Å². The fraction of sp³-hybridized carbons (Fsp3) is 0.857. The maximum absolute atomic E-state index is 11.1. The van der Waals surface area contributed by atoms with Crippen molar-refractivity contribution in [3.63, 3.8) is 0 Å². The van der Waals surface area contributed by atoms with E-state index >= 15 is 0 Å². The molecule has 0 aliphatic rings. The number of rotatable bonds is 3. The largest absolute Gasteiger partial charge is 0.465 e. The van der Waals surface area contributed by atoms with Crippen LogP contribution in [0.15, 0.2) is 0 Å². The quantitative estimate of drug-likeness (QED) is 0.589.